The maximum atomic E-state index is 4.01. The Morgan fingerprint density at radius 3 is 2.65 bits per heavy atom. The zero-order valence-electron chi connectivity index (χ0n) is 11.6. The minimum absolute atomic E-state index is 0.537. The van der Waals surface area contributed by atoms with Crippen LogP contribution in [0.1, 0.15) is 29.9 Å². The molecule has 0 saturated carbocycles. The Morgan fingerprint density at radius 1 is 0.900 bits per heavy atom. The summed E-state index contributed by atoms with van der Waals surface area (Å²) in [6.07, 6.45) is 5.84. The van der Waals surface area contributed by atoms with Gasteiger partial charge in [0.25, 0.3) is 0 Å². The number of fused-ring (bicyclic) bond motifs is 5. The van der Waals surface area contributed by atoms with Gasteiger partial charge in [0.05, 0.1) is 0 Å². The lowest BCUT2D eigenvalue weighted by molar-refractivity contribution is 0.633. The molecule has 20 heavy (non-hydrogen) atoms. The molecule has 0 nitrogen and oxygen atoms in total. The van der Waals surface area contributed by atoms with Crippen molar-refractivity contribution in [1.29, 1.82) is 0 Å². The number of benzene rings is 3. The molecule has 0 radical (unpaired) electrons. The van der Waals surface area contributed by atoms with Crippen LogP contribution in [-0.4, -0.2) is 0 Å². The summed E-state index contributed by atoms with van der Waals surface area (Å²) < 4.78 is 0. The molecule has 0 bridgehead atoms. The SMILES string of the molecule is C=C[C@H]1CCCc2c1ccc1c2ccc2ccccc21. The Balaban J connectivity index is 2.09. The van der Waals surface area contributed by atoms with Gasteiger partial charge >= 0.3 is 0 Å². The fourth-order valence-electron chi connectivity index (χ4n) is 3.69. The van der Waals surface area contributed by atoms with E-state index in [9.17, 15) is 0 Å². The molecule has 3 aromatic rings. The molecular formula is C20H18. The highest BCUT2D eigenvalue weighted by Crippen LogP contribution is 2.38. The standard InChI is InChI=1S/C20H18/c1-2-14-7-5-9-18-17(14)12-13-19-16-8-4-3-6-15(16)10-11-20(18)19/h2-4,6,8,10-14H,1,5,7,9H2/t14-/m0/s1. The first-order valence-corrected chi connectivity index (χ1v) is 7.44. The molecule has 0 unspecified atom stereocenters. The van der Waals surface area contributed by atoms with Crippen molar-refractivity contribution in [2.24, 2.45) is 0 Å². The Labute approximate surface area is 119 Å². The summed E-state index contributed by atoms with van der Waals surface area (Å²) in [5.74, 6) is 0.537. The lowest BCUT2D eigenvalue weighted by atomic mass is 9.80. The van der Waals surface area contributed by atoms with E-state index >= 15 is 0 Å². The van der Waals surface area contributed by atoms with Crippen molar-refractivity contribution >= 4 is 21.5 Å². The molecule has 0 fully saturated rings. The number of hydrogen-bond acceptors (Lipinski definition) is 0. The van der Waals surface area contributed by atoms with Gasteiger partial charge < -0.3 is 0 Å². The van der Waals surface area contributed by atoms with Crippen LogP contribution in [-0.2, 0) is 6.42 Å². The van der Waals surface area contributed by atoms with E-state index in [-0.39, 0.29) is 0 Å². The highest BCUT2D eigenvalue weighted by molar-refractivity contribution is 6.08. The normalized spacial score (nSPS) is 18.1. The van der Waals surface area contributed by atoms with Gasteiger partial charge in [-0.3, -0.25) is 0 Å². The summed E-state index contributed by atoms with van der Waals surface area (Å²) in [5, 5.41) is 5.53. The van der Waals surface area contributed by atoms with E-state index in [1.165, 1.54) is 46.4 Å². The van der Waals surface area contributed by atoms with Crippen LogP contribution >= 0.6 is 0 Å². The maximum Gasteiger partial charge on any atom is 0.00183 e. The molecule has 0 N–H and O–H groups in total. The Hall–Kier alpha value is -2.08. The first-order valence-electron chi connectivity index (χ1n) is 7.44. The fraction of sp³-hybridized carbons (Fsp3) is 0.200. The Kier molecular flexibility index (Phi) is 2.63. The molecule has 0 amide bonds. The highest BCUT2D eigenvalue weighted by atomic mass is 14.2. The first-order chi connectivity index (χ1) is 9.88. The van der Waals surface area contributed by atoms with Gasteiger partial charge in [-0.1, -0.05) is 54.6 Å². The second kappa shape index (κ2) is 4.49. The summed E-state index contributed by atoms with van der Waals surface area (Å²) in [6, 6.07) is 17.9. The van der Waals surface area contributed by atoms with E-state index in [0.717, 1.165) is 0 Å². The van der Waals surface area contributed by atoms with Gasteiger partial charge in [-0.2, -0.15) is 0 Å². The molecule has 1 atom stereocenters. The highest BCUT2D eigenvalue weighted by Gasteiger charge is 2.19. The van der Waals surface area contributed by atoms with Crippen LogP contribution in [0.5, 0.6) is 0 Å². The van der Waals surface area contributed by atoms with Crippen molar-refractivity contribution in [3.63, 3.8) is 0 Å². The summed E-state index contributed by atoms with van der Waals surface area (Å²) in [5.41, 5.74) is 3.04. The molecule has 0 heteroatoms. The van der Waals surface area contributed by atoms with Crippen LogP contribution in [0.3, 0.4) is 0 Å². The van der Waals surface area contributed by atoms with E-state index in [2.05, 4.69) is 61.2 Å². The number of hydrogen-bond donors (Lipinski definition) is 0. The van der Waals surface area contributed by atoms with Gasteiger partial charge in [-0.05, 0) is 51.9 Å². The number of rotatable bonds is 1. The van der Waals surface area contributed by atoms with Gasteiger partial charge in [0.1, 0.15) is 0 Å². The third-order valence-corrected chi connectivity index (χ3v) is 4.70. The lowest BCUT2D eigenvalue weighted by Crippen LogP contribution is -2.08. The van der Waals surface area contributed by atoms with Gasteiger partial charge in [0.2, 0.25) is 0 Å². The second-order valence-corrected chi connectivity index (χ2v) is 5.75. The van der Waals surface area contributed by atoms with E-state index in [4.69, 9.17) is 0 Å². The fourth-order valence-corrected chi connectivity index (χ4v) is 3.69. The summed E-state index contributed by atoms with van der Waals surface area (Å²) in [6.45, 7) is 4.01. The van der Waals surface area contributed by atoms with Crippen molar-refractivity contribution in [3.8, 4) is 0 Å². The monoisotopic (exact) mass is 258 g/mol. The van der Waals surface area contributed by atoms with Gasteiger partial charge in [0.15, 0.2) is 0 Å². The minimum atomic E-state index is 0.537. The molecule has 4 rings (SSSR count). The summed E-state index contributed by atoms with van der Waals surface area (Å²) >= 11 is 0. The number of allylic oxidation sites excluding steroid dienone is 1. The molecule has 1 aliphatic rings. The second-order valence-electron chi connectivity index (χ2n) is 5.75. The molecular weight excluding hydrogens is 240 g/mol. The van der Waals surface area contributed by atoms with Crippen molar-refractivity contribution in [3.05, 3.63) is 72.3 Å². The van der Waals surface area contributed by atoms with Crippen LogP contribution in [0.15, 0.2) is 61.2 Å². The predicted octanol–water partition coefficient (Wildman–Crippen LogP) is 5.60. The topological polar surface area (TPSA) is 0 Å². The summed E-state index contributed by atoms with van der Waals surface area (Å²) in [4.78, 5) is 0. The van der Waals surface area contributed by atoms with Crippen LogP contribution in [0.25, 0.3) is 21.5 Å². The van der Waals surface area contributed by atoms with Crippen molar-refractivity contribution in [2.45, 2.75) is 25.2 Å². The maximum absolute atomic E-state index is 4.01. The first kappa shape index (κ1) is 11.7. The van der Waals surface area contributed by atoms with E-state index in [0.29, 0.717) is 5.92 Å². The molecule has 1 aliphatic carbocycles. The minimum Gasteiger partial charge on any atom is -0.102 e. The third kappa shape index (κ3) is 1.61. The largest absolute Gasteiger partial charge is 0.102 e. The zero-order valence-corrected chi connectivity index (χ0v) is 11.6. The summed E-state index contributed by atoms with van der Waals surface area (Å²) in [7, 11) is 0. The predicted molar refractivity (Wildman–Crippen MR) is 87.3 cm³/mol. The molecule has 98 valence electrons. The zero-order chi connectivity index (χ0) is 13.5. The van der Waals surface area contributed by atoms with Crippen LogP contribution < -0.4 is 0 Å². The van der Waals surface area contributed by atoms with Gasteiger partial charge in [0, 0.05) is 5.92 Å². The average Bonchev–Trinajstić information content (AvgIpc) is 2.53. The van der Waals surface area contributed by atoms with E-state index in [1.807, 2.05) is 0 Å². The number of aryl methyl sites for hydroxylation is 1. The van der Waals surface area contributed by atoms with Gasteiger partial charge in [-0.15, -0.1) is 6.58 Å². The van der Waals surface area contributed by atoms with E-state index in [1.54, 1.807) is 5.56 Å². The molecule has 0 saturated heterocycles. The van der Waals surface area contributed by atoms with Crippen LogP contribution in [0.2, 0.25) is 0 Å². The Bertz CT molecular complexity index is 811. The Morgan fingerprint density at radius 2 is 1.75 bits per heavy atom. The van der Waals surface area contributed by atoms with Crippen LogP contribution in [0.4, 0.5) is 0 Å². The quantitative estimate of drug-likeness (QED) is 0.394. The molecule has 0 aromatic heterocycles. The molecule has 0 aliphatic heterocycles. The van der Waals surface area contributed by atoms with Crippen molar-refractivity contribution in [2.75, 3.05) is 0 Å². The molecule has 3 aromatic carbocycles. The van der Waals surface area contributed by atoms with Crippen LogP contribution in [0, 0.1) is 0 Å². The molecule has 0 spiro atoms. The van der Waals surface area contributed by atoms with Gasteiger partial charge in [-0.25, -0.2) is 0 Å². The smallest absolute Gasteiger partial charge is 0.00183 e. The van der Waals surface area contributed by atoms with Crippen molar-refractivity contribution in [1.82, 2.24) is 0 Å². The molecule has 0 heterocycles. The van der Waals surface area contributed by atoms with Crippen molar-refractivity contribution < 1.29 is 0 Å². The van der Waals surface area contributed by atoms with E-state index < -0.39 is 0 Å². The lowest BCUT2D eigenvalue weighted by Gasteiger charge is -2.24. The third-order valence-electron chi connectivity index (χ3n) is 4.70. The average molecular weight is 258 g/mol.